The van der Waals surface area contributed by atoms with Crippen molar-refractivity contribution in [3.63, 3.8) is 0 Å². The number of aldehydes is 1. The molecule has 3 aromatic rings. The summed E-state index contributed by atoms with van der Waals surface area (Å²) in [5.74, 6) is 2.61. The summed E-state index contributed by atoms with van der Waals surface area (Å²) in [6, 6.07) is 12.4. The van der Waals surface area contributed by atoms with Crippen molar-refractivity contribution in [1.82, 2.24) is 0 Å². The fraction of sp³-hybridized carbons (Fsp3) is 0.167. The summed E-state index contributed by atoms with van der Waals surface area (Å²) in [6.07, 6.45) is 0.660. The summed E-state index contributed by atoms with van der Waals surface area (Å²) in [5.41, 5.74) is 1.56. The van der Waals surface area contributed by atoms with Crippen LogP contribution < -0.4 is 4.74 Å². The van der Waals surface area contributed by atoms with Crippen LogP contribution in [0.25, 0.3) is 22.6 Å². The molecule has 0 spiro atoms. The molecule has 0 saturated heterocycles. The molecule has 0 radical (unpaired) electrons. The Hall–Kier alpha value is -2.79. The van der Waals surface area contributed by atoms with E-state index in [1.807, 2.05) is 25.1 Å². The number of rotatable bonds is 6. The van der Waals surface area contributed by atoms with E-state index in [0.717, 1.165) is 11.1 Å². The zero-order chi connectivity index (χ0) is 16.2. The molecule has 1 aromatic carbocycles. The zero-order valence-electron chi connectivity index (χ0n) is 12.6. The molecule has 0 aliphatic rings. The Bertz CT molecular complexity index is 812. The number of hydrogen-bond acceptors (Lipinski definition) is 5. The van der Waals surface area contributed by atoms with E-state index < -0.39 is 0 Å². The van der Waals surface area contributed by atoms with Gasteiger partial charge < -0.3 is 18.7 Å². The first-order valence-electron chi connectivity index (χ1n) is 7.27. The summed E-state index contributed by atoms with van der Waals surface area (Å²) in [6.45, 7) is 2.27. The SMILES string of the molecule is CCOc1ccc(-c2ccc(CO)o2)cc1-c1ccc(C=O)o1. The second-order valence-electron chi connectivity index (χ2n) is 4.89. The molecule has 118 valence electrons. The van der Waals surface area contributed by atoms with Crippen LogP contribution in [0, 0.1) is 0 Å². The van der Waals surface area contributed by atoms with Gasteiger partial charge in [0.15, 0.2) is 12.0 Å². The van der Waals surface area contributed by atoms with E-state index in [9.17, 15) is 4.79 Å². The summed E-state index contributed by atoms with van der Waals surface area (Å²) in [4.78, 5) is 10.8. The first-order chi connectivity index (χ1) is 11.2. The largest absolute Gasteiger partial charge is 0.493 e. The van der Waals surface area contributed by atoms with Crippen molar-refractivity contribution in [2.45, 2.75) is 13.5 Å². The van der Waals surface area contributed by atoms with Crippen LogP contribution in [-0.2, 0) is 6.61 Å². The first kappa shape index (κ1) is 15.1. The molecular weight excluding hydrogens is 296 g/mol. The molecule has 5 nitrogen and oxygen atoms in total. The van der Waals surface area contributed by atoms with Gasteiger partial charge in [-0.2, -0.15) is 0 Å². The average molecular weight is 312 g/mol. The Kier molecular flexibility index (Phi) is 4.30. The van der Waals surface area contributed by atoms with E-state index in [1.54, 1.807) is 24.3 Å². The van der Waals surface area contributed by atoms with E-state index in [0.29, 0.717) is 35.9 Å². The van der Waals surface area contributed by atoms with Gasteiger partial charge in [-0.1, -0.05) is 0 Å². The average Bonchev–Trinajstić information content (AvgIpc) is 3.24. The number of ether oxygens (including phenoxy) is 1. The van der Waals surface area contributed by atoms with E-state index in [1.165, 1.54) is 0 Å². The van der Waals surface area contributed by atoms with Crippen LogP contribution >= 0.6 is 0 Å². The van der Waals surface area contributed by atoms with E-state index in [2.05, 4.69) is 0 Å². The van der Waals surface area contributed by atoms with E-state index in [4.69, 9.17) is 18.7 Å². The van der Waals surface area contributed by atoms with Crippen LogP contribution in [0.3, 0.4) is 0 Å². The maximum atomic E-state index is 10.8. The zero-order valence-corrected chi connectivity index (χ0v) is 12.6. The van der Waals surface area contributed by atoms with Crippen LogP contribution in [0.1, 0.15) is 23.2 Å². The van der Waals surface area contributed by atoms with E-state index >= 15 is 0 Å². The molecule has 0 bridgehead atoms. The van der Waals surface area contributed by atoms with Crippen molar-refractivity contribution in [3.05, 3.63) is 54.0 Å². The lowest BCUT2D eigenvalue weighted by molar-refractivity contribution is 0.110. The second kappa shape index (κ2) is 6.54. The van der Waals surface area contributed by atoms with Gasteiger partial charge in [-0.15, -0.1) is 0 Å². The fourth-order valence-electron chi connectivity index (χ4n) is 2.34. The normalized spacial score (nSPS) is 10.7. The van der Waals surface area contributed by atoms with Crippen LogP contribution in [-0.4, -0.2) is 18.0 Å². The van der Waals surface area contributed by atoms with Gasteiger partial charge in [0, 0.05) is 5.56 Å². The number of hydrogen-bond donors (Lipinski definition) is 1. The Balaban J connectivity index is 2.06. The number of furan rings is 2. The highest BCUT2D eigenvalue weighted by molar-refractivity contribution is 5.77. The molecule has 0 amide bonds. The lowest BCUT2D eigenvalue weighted by atomic mass is 10.1. The predicted octanol–water partition coefficient (Wildman–Crippen LogP) is 3.91. The molecule has 0 saturated carbocycles. The van der Waals surface area contributed by atoms with Crippen molar-refractivity contribution >= 4 is 6.29 Å². The van der Waals surface area contributed by atoms with Crippen LogP contribution in [0.15, 0.2) is 51.3 Å². The summed E-state index contributed by atoms with van der Waals surface area (Å²) >= 11 is 0. The molecule has 0 aliphatic carbocycles. The minimum Gasteiger partial charge on any atom is -0.493 e. The maximum absolute atomic E-state index is 10.8. The van der Waals surface area contributed by atoms with Gasteiger partial charge in [0.05, 0.1) is 12.2 Å². The highest BCUT2D eigenvalue weighted by Gasteiger charge is 2.14. The van der Waals surface area contributed by atoms with Crippen LogP contribution in [0.2, 0.25) is 0 Å². The maximum Gasteiger partial charge on any atom is 0.185 e. The van der Waals surface area contributed by atoms with Crippen molar-refractivity contribution in [1.29, 1.82) is 0 Å². The Labute approximate surface area is 133 Å². The minimum atomic E-state index is -0.148. The van der Waals surface area contributed by atoms with E-state index in [-0.39, 0.29) is 12.4 Å². The summed E-state index contributed by atoms with van der Waals surface area (Å²) in [7, 11) is 0. The molecule has 2 aromatic heterocycles. The van der Waals surface area contributed by atoms with Crippen LogP contribution in [0.5, 0.6) is 5.75 Å². The number of benzene rings is 1. The van der Waals surface area contributed by atoms with Crippen molar-refractivity contribution in [3.8, 4) is 28.4 Å². The van der Waals surface area contributed by atoms with Crippen molar-refractivity contribution in [2.24, 2.45) is 0 Å². The molecule has 0 unspecified atom stereocenters. The van der Waals surface area contributed by atoms with Gasteiger partial charge in [-0.25, -0.2) is 0 Å². The summed E-state index contributed by atoms with van der Waals surface area (Å²) in [5, 5.41) is 9.11. The van der Waals surface area contributed by atoms with Gasteiger partial charge in [0.2, 0.25) is 0 Å². The molecule has 5 heteroatoms. The van der Waals surface area contributed by atoms with Crippen LogP contribution in [0.4, 0.5) is 0 Å². The Morgan fingerprint density at radius 1 is 1.09 bits per heavy atom. The van der Waals surface area contributed by atoms with Gasteiger partial charge in [-0.05, 0) is 49.4 Å². The van der Waals surface area contributed by atoms with Crippen molar-refractivity contribution in [2.75, 3.05) is 6.61 Å². The number of carbonyl (C=O) groups is 1. The third-order valence-corrected chi connectivity index (χ3v) is 3.39. The molecule has 1 N–H and O–H groups in total. The lowest BCUT2D eigenvalue weighted by Gasteiger charge is -2.10. The van der Waals surface area contributed by atoms with Gasteiger partial charge in [-0.3, -0.25) is 4.79 Å². The molecule has 0 fully saturated rings. The molecule has 23 heavy (non-hydrogen) atoms. The number of aliphatic hydroxyl groups excluding tert-OH is 1. The monoisotopic (exact) mass is 312 g/mol. The van der Waals surface area contributed by atoms with Gasteiger partial charge >= 0.3 is 0 Å². The molecular formula is C18H16O5. The minimum absolute atomic E-state index is 0.148. The topological polar surface area (TPSA) is 72.8 Å². The Morgan fingerprint density at radius 3 is 2.57 bits per heavy atom. The molecule has 0 atom stereocenters. The molecule has 2 heterocycles. The quantitative estimate of drug-likeness (QED) is 0.699. The smallest absolute Gasteiger partial charge is 0.185 e. The standard InChI is InChI=1S/C18H16O5/c1-2-21-17-6-3-12(16-7-4-13(10-19)22-16)9-15(17)18-8-5-14(11-20)23-18/h3-9,11,19H,2,10H2,1H3. The second-order valence-corrected chi connectivity index (χ2v) is 4.89. The third kappa shape index (κ3) is 3.05. The van der Waals surface area contributed by atoms with Gasteiger partial charge in [0.25, 0.3) is 0 Å². The predicted molar refractivity (Wildman–Crippen MR) is 84.3 cm³/mol. The first-order valence-corrected chi connectivity index (χ1v) is 7.27. The molecule has 3 rings (SSSR count). The fourth-order valence-corrected chi connectivity index (χ4v) is 2.34. The Morgan fingerprint density at radius 2 is 1.91 bits per heavy atom. The van der Waals surface area contributed by atoms with Gasteiger partial charge in [0.1, 0.15) is 29.6 Å². The highest BCUT2D eigenvalue weighted by Crippen LogP contribution is 2.35. The van der Waals surface area contributed by atoms with Crippen molar-refractivity contribution < 1.29 is 23.5 Å². The summed E-state index contributed by atoms with van der Waals surface area (Å²) < 4.78 is 16.7. The lowest BCUT2D eigenvalue weighted by Crippen LogP contribution is -1.94. The number of aliphatic hydroxyl groups is 1. The number of carbonyl (C=O) groups excluding carboxylic acids is 1. The third-order valence-electron chi connectivity index (χ3n) is 3.39. The highest BCUT2D eigenvalue weighted by atomic mass is 16.5. The molecule has 0 aliphatic heterocycles.